The molecule has 1 saturated carbocycles. The monoisotopic (exact) mass is 268 g/mol. The first-order chi connectivity index (χ1) is 8.63. The van der Waals surface area contributed by atoms with Gasteiger partial charge in [0.05, 0.1) is 23.7 Å². The van der Waals surface area contributed by atoms with Crippen LogP contribution in [-0.4, -0.2) is 24.1 Å². The summed E-state index contributed by atoms with van der Waals surface area (Å²) in [5.41, 5.74) is -0.0200. The Morgan fingerprint density at radius 2 is 2.22 bits per heavy atom. The zero-order valence-electron chi connectivity index (χ0n) is 10.4. The molecule has 3 nitrogen and oxygen atoms in total. The Bertz CT molecular complexity index is 447. The van der Waals surface area contributed by atoms with E-state index in [0.717, 1.165) is 19.3 Å². The number of rotatable bonds is 5. The van der Waals surface area contributed by atoms with Gasteiger partial charge in [-0.2, -0.15) is 0 Å². The van der Waals surface area contributed by atoms with Crippen LogP contribution in [0.5, 0.6) is 5.75 Å². The van der Waals surface area contributed by atoms with E-state index in [9.17, 15) is 9.90 Å². The maximum Gasteiger partial charge on any atom is 0.171 e. The van der Waals surface area contributed by atoms with Crippen LogP contribution in [0.15, 0.2) is 18.2 Å². The number of aliphatic hydroxyl groups excluding tert-OH is 1. The fraction of sp³-hybridized carbons (Fsp3) is 0.500. The van der Waals surface area contributed by atoms with Crippen molar-refractivity contribution in [1.82, 2.24) is 0 Å². The fourth-order valence-electron chi connectivity index (χ4n) is 2.28. The van der Waals surface area contributed by atoms with Crippen molar-refractivity contribution in [2.24, 2.45) is 5.41 Å². The first-order valence-electron chi connectivity index (χ1n) is 6.21. The molecule has 0 amide bonds. The molecule has 0 saturated heterocycles. The Morgan fingerprint density at radius 1 is 1.50 bits per heavy atom. The zero-order chi connectivity index (χ0) is 13.2. The summed E-state index contributed by atoms with van der Waals surface area (Å²) in [5, 5.41) is 9.84. The fourth-order valence-corrected chi connectivity index (χ4v) is 2.52. The summed E-state index contributed by atoms with van der Waals surface area (Å²) in [7, 11) is 0. The van der Waals surface area contributed by atoms with Crippen molar-refractivity contribution >= 4 is 17.4 Å². The molecule has 1 N–H and O–H groups in total. The van der Waals surface area contributed by atoms with Crippen molar-refractivity contribution < 1.29 is 14.6 Å². The highest BCUT2D eigenvalue weighted by Crippen LogP contribution is 2.43. The molecular weight excluding hydrogens is 252 g/mol. The molecule has 18 heavy (non-hydrogen) atoms. The van der Waals surface area contributed by atoms with Gasteiger partial charge in [0.15, 0.2) is 5.78 Å². The minimum absolute atomic E-state index is 0.0128. The lowest BCUT2D eigenvalue weighted by molar-refractivity contribution is 0.0348. The highest BCUT2D eigenvalue weighted by atomic mass is 35.5. The summed E-state index contributed by atoms with van der Waals surface area (Å²) in [6, 6.07) is 5.06. The quantitative estimate of drug-likeness (QED) is 0.835. The van der Waals surface area contributed by atoms with Crippen molar-refractivity contribution in [3.8, 4) is 5.75 Å². The average molecular weight is 269 g/mol. The zero-order valence-corrected chi connectivity index (χ0v) is 11.2. The van der Waals surface area contributed by atoms with E-state index >= 15 is 0 Å². The van der Waals surface area contributed by atoms with E-state index in [-0.39, 0.29) is 12.4 Å². The first-order valence-corrected chi connectivity index (χ1v) is 6.59. The van der Waals surface area contributed by atoms with Gasteiger partial charge in [-0.15, -0.1) is 0 Å². The summed E-state index contributed by atoms with van der Waals surface area (Å²) in [6.07, 6.45) is 2.51. The largest absolute Gasteiger partial charge is 0.492 e. The topological polar surface area (TPSA) is 46.5 Å². The number of ether oxygens (including phenoxy) is 1. The summed E-state index contributed by atoms with van der Waals surface area (Å²) in [5.74, 6) is 0.573. The van der Waals surface area contributed by atoms with Gasteiger partial charge in [-0.25, -0.2) is 0 Å². The first kappa shape index (κ1) is 13.4. The minimum atomic E-state index is -0.573. The molecule has 1 aliphatic rings. The van der Waals surface area contributed by atoms with Crippen LogP contribution in [0.2, 0.25) is 5.02 Å². The molecule has 0 aliphatic heterocycles. The summed E-state index contributed by atoms with van der Waals surface area (Å²) in [6.45, 7) is 2.33. The van der Waals surface area contributed by atoms with Crippen LogP contribution in [0.4, 0.5) is 0 Å². The molecular formula is C14H17ClO3. The van der Waals surface area contributed by atoms with Gasteiger partial charge in [-0.3, -0.25) is 4.79 Å². The molecule has 1 aromatic rings. The van der Waals surface area contributed by atoms with Crippen LogP contribution in [-0.2, 0) is 0 Å². The lowest BCUT2D eigenvalue weighted by atomic mass is 9.65. The van der Waals surface area contributed by atoms with E-state index in [4.69, 9.17) is 16.3 Å². The second-order valence-electron chi connectivity index (χ2n) is 4.70. The van der Waals surface area contributed by atoms with Gasteiger partial charge in [0, 0.05) is 5.56 Å². The van der Waals surface area contributed by atoms with Gasteiger partial charge < -0.3 is 9.84 Å². The van der Waals surface area contributed by atoms with E-state index in [1.54, 1.807) is 18.2 Å². The number of carbonyl (C=O) groups excluding carboxylic acids is 1. The molecule has 0 unspecified atom stereocenters. The lowest BCUT2D eigenvalue weighted by Gasteiger charge is -2.38. The van der Waals surface area contributed by atoms with Crippen LogP contribution in [0.3, 0.4) is 0 Å². The number of Topliss-reactive ketones (excluding diaryl/α,β-unsaturated/α-hetero) is 1. The van der Waals surface area contributed by atoms with Crippen LogP contribution in [0.25, 0.3) is 0 Å². The second kappa shape index (κ2) is 5.29. The van der Waals surface area contributed by atoms with Crippen LogP contribution < -0.4 is 4.74 Å². The molecule has 0 heterocycles. The number of benzene rings is 1. The predicted molar refractivity (Wildman–Crippen MR) is 70.3 cm³/mol. The molecule has 0 aromatic heterocycles. The molecule has 0 atom stereocenters. The molecule has 0 radical (unpaired) electrons. The molecule has 0 bridgehead atoms. The number of ketones is 1. The lowest BCUT2D eigenvalue weighted by Crippen LogP contribution is -2.41. The van der Waals surface area contributed by atoms with E-state index in [1.807, 2.05) is 6.92 Å². The molecule has 1 aromatic carbocycles. The number of aliphatic hydroxyl groups is 1. The van der Waals surface area contributed by atoms with Crippen LogP contribution >= 0.6 is 11.6 Å². The normalized spacial score (nSPS) is 17.1. The second-order valence-corrected chi connectivity index (χ2v) is 5.11. The van der Waals surface area contributed by atoms with Gasteiger partial charge >= 0.3 is 0 Å². The molecule has 98 valence electrons. The maximum absolute atomic E-state index is 12.3. The number of halogens is 1. The Morgan fingerprint density at radius 3 is 2.67 bits per heavy atom. The Hall–Kier alpha value is -1.06. The molecule has 2 rings (SSSR count). The number of carbonyl (C=O) groups is 1. The Kier molecular flexibility index (Phi) is 3.93. The smallest absolute Gasteiger partial charge is 0.171 e. The summed E-state index contributed by atoms with van der Waals surface area (Å²) < 4.78 is 5.33. The average Bonchev–Trinajstić information content (AvgIpc) is 2.31. The molecule has 4 heteroatoms. The molecule has 1 aliphatic carbocycles. The van der Waals surface area contributed by atoms with Crippen molar-refractivity contribution in [3.63, 3.8) is 0 Å². The van der Waals surface area contributed by atoms with Gasteiger partial charge in [0.2, 0.25) is 0 Å². The van der Waals surface area contributed by atoms with Crippen LogP contribution in [0, 0.1) is 5.41 Å². The SMILES string of the molecule is CCOc1ccc(C(=O)C2(CO)CCC2)cc1Cl. The van der Waals surface area contributed by atoms with E-state index in [1.165, 1.54) is 0 Å². The summed E-state index contributed by atoms with van der Waals surface area (Å²) in [4.78, 5) is 12.3. The molecule has 0 spiro atoms. The van der Waals surface area contributed by atoms with Crippen molar-refractivity contribution in [2.75, 3.05) is 13.2 Å². The number of hydrogen-bond acceptors (Lipinski definition) is 3. The minimum Gasteiger partial charge on any atom is -0.492 e. The third-order valence-corrected chi connectivity index (χ3v) is 3.88. The van der Waals surface area contributed by atoms with E-state index < -0.39 is 5.41 Å². The van der Waals surface area contributed by atoms with Crippen LogP contribution in [0.1, 0.15) is 36.5 Å². The highest BCUT2D eigenvalue weighted by molar-refractivity contribution is 6.32. The standard InChI is InChI=1S/C14H17ClO3/c1-2-18-12-5-4-10(8-11(12)15)13(17)14(9-16)6-3-7-14/h4-5,8,16H,2-3,6-7,9H2,1H3. The van der Waals surface area contributed by atoms with E-state index in [0.29, 0.717) is 22.9 Å². The predicted octanol–water partition coefficient (Wildman–Crippen LogP) is 3.08. The van der Waals surface area contributed by atoms with Gasteiger partial charge in [-0.05, 0) is 38.0 Å². The molecule has 1 fully saturated rings. The van der Waals surface area contributed by atoms with Crippen molar-refractivity contribution in [1.29, 1.82) is 0 Å². The van der Waals surface area contributed by atoms with E-state index in [2.05, 4.69) is 0 Å². The maximum atomic E-state index is 12.3. The third-order valence-electron chi connectivity index (χ3n) is 3.59. The highest BCUT2D eigenvalue weighted by Gasteiger charge is 2.43. The Labute approximate surface area is 112 Å². The van der Waals surface area contributed by atoms with Gasteiger partial charge in [-0.1, -0.05) is 18.0 Å². The Balaban J connectivity index is 2.23. The van der Waals surface area contributed by atoms with Gasteiger partial charge in [0.1, 0.15) is 5.75 Å². The van der Waals surface area contributed by atoms with Crippen molar-refractivity contribution in [2.45, 2.75) is 26.2 Å². The van der Waals surface area contributed by atoms with Gasteiger partial charge in [0.25, 0.3) is 0 Å². The third kappa shape index (κ3) is 2.25. The van der Waals surface area contributed by atoms with Crippen molar-refractivity contribution in [3.05, 3.63) is 28.8 Å². The summed E-state index contributed by atoms with van der Waals surface area (Å²) >= 11 is 6.07. The number of hydrogen-bond donors (Lipinski definition) is 1.